The Balaban J connectivity index is 1.77. The number of hydrogen-bond donors (Lipinski definition) is 1. The molecule has 0 saturated carbocycles. The number of piperazine rings is 1. The normalized spacial score (nSPS) is 15.3. The molecule has 2 aromatic carbocycles. The van der Waals surface area contributed by atoms with Gasteiger partial charge in [-0.05, 0) is 30.7 Å². The number of carbonyl (C=O) groups excluding carboxylic acids is 1. The Bertz CT molecular complexity index is 1110. The highest BCUT2D eigenvalue weighted by Crippen LogP contribution is 2.36. The number of fused-ring (bicyclic) bond motifs is 1. The molecule has 0 spiro atoms. The third kappa shape index (κ3) is 4.24. The van der Waals surface area contributed by atoms with Crippen molar-refractivity contribution in [3.05, 3.63) is 69.5 Å². The molecule has 0 radical (unpaired) electrons. The van der Waals surface area contributed by atoms with E-state index in [0.29, 0.717) is 40.7 Å². The summed E-state index contributed by atoms with van der Waals surface area (Å²) in [5.74, 6) is 0.0424. The number of halogens is 1. The first-order chi connectivity index (χ1) is 14.6. The van der Waals surface area contributed by atoms with Crippen molar-refractivity contribution in [2.24, 2.45) is 0 Å². The Morgan fingerprint density at radius 3 is 2.63 bits per heavy atom. The Hall–Kier alpha value is -2.35. The molecule has 0 unspecified atom stereocenters. The Kier molecular flexibility index (Phi) is 6.41. The van der Waals surface area contributed by atoms with Crippen LogP contribution in [0.4, 0.5) is 0 Å². The van der Waals surface area contributed by atoms with Crippen molar-refractivity contribution in [1.82, 2.24) is 19.8 Å². The molecule has 6 nitrogen and oxygen atoms in total. The van der Waals surface area contributed by atoms with Crippen LogP contribution in [0.15, 0.2) is 58.5 Å². The summed E-state index contributed by atoms with van der Waals surface area (Å²) in [7, 11) is 0. The lowest BCUT2D eigenvalue weighted by atomic mass is 10.1. The minimum Gasteiger partial charge on any atom is -0.339 e. The highest BCUT2D eigenvalue weighted by Gasteiger charge is 2.29. The number of amides is 1. The number of hydrogen-bond acceptors (Lipinski definition) is 5. The van der Waals surface area contributed by atoms with E-state index in [0.717, 1.165) is 18.7 Å². The van der Waals surface area contributed by atoms with Crippen molar-refractivity contribution in [2.75, 3.05) is 26.2 Å². The van der Waals surface area contributed by atoms with Gasteiger partial charge >= 0.3 is 0 Å². The first-order valence-corrected chi connectivity index (χ1v) is 11.3. The molecule has 1 N–H and O–H groups in total. The topological polar surface area (TPSA) is 67.2 Å². The second kappa shape index (κ2) is 9.20. The molecule has 0 bridgehead atoms. The van der Waals surface area contributed by atoms with E-state index >= 15 is 0 Å². The van der Waals surface area contributed by atoms with Gasteiger partial charge in [-0.2, -0.15) is 0 Å². The lowest BCUT2D eigenvalue weighted by Crippen LogP contribution is -2.47. The highest BCUT2D eigenvalue weighted by atomic mass is 35.5. The Morgan fingerprint density at radius 1 is 1.20 bits per heavy atom. The summed E-state index contributed by atoms with van der Waals surface area (Å²) in [6.07, 6.45) is 0. The summed E-state index contributed by atoms with van der Waals surface area (Å²) in [5.41, 5.74) is 1.34. The molecule has 1 saturated heterocycles. The van der Waals surface area contributed by atoms with Gasteiger partial charge in [-0.25, -0.2) is 4.98 Å². The largest absolute Gasteiger partial charge is 0.339 e. The number of thioether (sulfide) groups is 1. The van der Waals surface area contributed by atoms with Crippen molar-refractivity contribution in [3.8, 4) is 0 Å². The molecule has 0 aliphatic carbocycles. The molecule has 1 amide bonds. The lowest BCUT2D eigenvalue weighted by molar-refractivity contribution is -0.131. The number of benzene rings is 2. The third-order valence-corrected chi connectivity index (χ3v) is 6.64. The zero-order chi connectivity index (χ0) is 21.1. The molecule has 156 valence electrons. The molecule has 8 heteroatoms. The van der Waals surface area contributed by atoms with E-state index in [2.05, 4.69) is 5.32 Å². The fraction of sp³-hybridized carbons (Fsp3) is 0.318. The molecule has 1 atom stereocenters. The van der Waals surface area contributed by atoms with E-state index in [4.69, 9.17) is 16.6 Å². The number of carbonyl (C=O) groups is 1. The molecule has 4 rings (SSSR count). The van der Waals surface area contributed by atoms with Crippen LogP contribution < -0.4 is 10.9 Å². The van der Waals surface area contributed by atoms with E-state index in [9.17, 15) is 9.59 Å². The number of nitrogens with zero attached hydrogens (tertiary/aromatic N) is 3. The van der Waals surface area contributed by atoms with E-state index in [1.807, 2.05) is 42.2 Å². The van der Waals surface area contributed by atoms with Crippen LogP contribution in [0.2, 0.25) is 5.02 Å². The summed E-state index contributed by atoms with van der Waals surface area (Å²) in [6.45, 7) is 5.28. The molecule has 1 fully saturated rings. The van der Waals surface area contributed by atoms with Crippen LogP contribution in [0.25, 0.3) is 10.9 Å². The molecule has 2 heterocycles. The van der Waals surface area contributed by atoms with E-state index in [1.165, 1.54) is 11.8 Å². The van der Waals surface area contributed by atoms with Crippen LogP contribution in [-0.2, 0) is 11.3 Å². The number of aromatic nitrogens is 2. The zero-order valence-corrected chi connectivity index (χ0v) is 18.2. The molecule has 1 aliphatic rings. The van der Waals surface area contributed by atoms with E-state index in [1.54, 1.807) is 22.8 Å². The van der Waals surface area contributed by atoms with Crippen molar-refractivity contribution in [3.63, 3.8) is 0 Å². The molecule has 1 aromatic heterocycles. The lowest BCUT2D eigenvalue weighted by Gasteiger charge is -2.31. The van der Waals surface area contributed by atoms with Crippen LogP contribution >= 0.6 is 23.4 Å². The molecule has 1 aliphatic heterocycles. The quantitative estimate of drug-likeness (QED) is 0.485. The van der Waals surface area contributed by atoms with Crippen molar-refractivity contribution in [1.29, 1.82) is 0 Å². The van der Waals surface area contributed by atoms with E-state index < -0.39 is 5.25 Å². The summed E-state index contributed by atoms with van der Waals surface area (Å²) in [6, 6.07) is 14.8. The minimum atomic E-state index is -0.473. The van der Waals surface area contributed by atoms with Gasteiger partial charge in [0.25, 0.3) is 5.56 Å². The van der Waals surface area contributed by atoms with Gasteiger partial charge in [0.15, 0.2) is 5.16 Å². The van der Waals surface area contributed by atoms with Crippen molar-refractivity contribution < 1.29 is 4.79 Å². The second-order valence-corrected chi connectivity index (χ2v) is 8.60. The maximum atomic E-state index is 13.4. The molecule has 30 heavy (non-hydrogen) atoms. The minimum absolute atomic E-state index is 0.0424. The summed E-state index contributed by atoms with van der Waals surface area (Å²) >= 11 is 7.42. The van der Waals surface area contributed by atoms with Crippen LogP contribution in [-0.4, -0.2) is 46.5 Å². The average Bonchev–Trinajstić information content (AvgIpc) is 2.79. The second-order valence-electron chi connectivity index (χ2n) is 7.09. The Morgan fingerprint density at radius 2 is 1.93 bits per heavy atom. The van der Waals surface area contributed by atoms with Crippen LogP contribution in [0.3, 0.4) is 0 Å². The first kappa shape index (κ1) is 20.9. The predicted octanol–water partition coefficient (Wildman–Crippen LogP) is 3.34. The third-order valence-electron chi connectivity index (χ3n) is 5.18. The van der Waals surface area contributed by atoms with Crippen LogP contribution in [0, 0.1) is 0 Å². The first-order valence-electron chi connectivity index (χ1n) is 9.99. The molecular formula is C22H23ClN4O2S. The molecular weight excluding hydrogens is 420 g/mol. The van der Waals surface area contributed by atoms with E-state index in [-0.39, 0.29) is 11.5 Å². The SMILES string of the molecule is CCn1c(S[C@@H](C(=O)N2CCNCC2)c2ccccc2)nc2ccc(Cl)cc2c1=O. The van der Waals surface area contributed by atoms with Crippen LogP contribution in [0.5, 0.6) is 0 Å². The summed E-state index contributed by atoms with van der Waals surface area (Å²) in [4.78, 5) is 33.1. The van der Waals surface area contributed by atoms with Crippen molar-refractivity contribution >= 4 is 40.2 Å². The van der Waals surface area contributed by atoms with Gasteiger partial charge < -0.3 is 10.2 Å². The average molecular weight is 443 g/mol. The zero-order valence-electron chi connectivity index (χ0n) is 16.7. The number of nitrogens with one attached hydrogen (secondary N) is 1. The van der Waals surface area contributed by atoms with Gasteiger partial charge in [-0.3, -0.25) is 14.2 Å². The number of rotatable bonds is 5. The van der Waals surface area contributed by atoms with Crippen LogP contribution in [0.1, 0.15) is 17.7 Å². The van der Waals surface area contributed by atoms with Gasteiger partial charge in [0.2, 0.25) is 5.91 Å². The smallest absolute Gasteiger partial charge is 0.262 e. The maximum Gasteiger partial charge on any atom is 0.262 e. The van der Waals surface area contributed by atoms with Gasteiger partial charge in [0.1, 0.15) is 5.25 Å². The van der Waals surface area contributed by atoms with Gasteiger partial charge in [0, 0.05) is 37.7 Å². The monoisotopic (exact) mass is 442 g/mol. The Labute approximate surface area is 184 Å². The van der Waals surface area contributed by atoms with Gasteiger partial charge in [0.05, 0.1) is 10.9 Å². The maximum absolute atomic E-state index is 13.4. The predicted molar refractivity (Wildman–Crippen MR) is 121 cm³/mol. The summed E-state index contributed by atoms with van der Waals surface area (Å²) < 4.78 is 1.62. The fourth-order valence-electron chi connectivity index (χ4n) is 3.59. The summed E-state index contributed by atoms with van der Waals surface area (Å²) in [5, 5.41) is 4.33. The highest BCUT2D eigenvalue weighted by molar-refractivity contribution is 8.00. The van der Waals surface area contributed by atoms with Gasteiger partial charge in [-0.1, -0.05) is 53.7 Å². The standard InChI is InChI=1S/C22H23ClN4O2S/c1-2-27-20(28)17-14-16(23)8-9-18(17)25-22(27)30-19(15-6-4-3-5-7-15)21(29)26-12-10-24-11-13-26/h3-9,14,19,24H,2,10-13H2,1H3/t19-/m1/s1. The fourth-order valence-corrected chi connectivity index (χ4v) is 5.00. The van der Waals surface area contributed by atoms with Crippen molar-refractivity contribution in [2.45, 2.75) is 23.9 Å². The van der Waals surface area contributed by atoms with Gasteiger partial charge in [-0.15, -0.1) is 0 Å². The molecule has 3 aromatic rings.